The Hall–Kier alpha value is -1.08. The van der Waals surface area contributed by atoms with Crippen LogP contribution < -0.4 is 4.72 Å². The fourth-order valence-corrected chi connectivity index (χ4v) is 2.83. The lowest BCUT2D eigenvalue weighted by Crippen LogP contribution is -2.33. The number of nitrogens with zero attached hydrogens (tertiary/aromatic N) is 2. The lowest BCUT2D eigenvalue weighted by Gasteiger charge is -2.15. The van der Waals surface area contributed by atoms with Gasteiger partial charge in [-0.2, -0.15) is 17.8 Å². The van der Waals surface area contributed by atoms with Gasteiger partial charge in [0.2, 0.25) is 0 Å². The van der Waals surface area contributed by atoms with Gasteiger partial charge in [0.1, 0.15) is 0 Å². The summed E-state index contributed by atoms with van der Waals surface area (Å²) in [4.78, 5) is 0. The zero-order chi connectivity index (χ0) is 10.9. The summed E-state index contributed by atoms with van der Waals surface area (Å²) in [6.07, 6.45) is 1.86. The smallest absolute Gasteiger partial charge is 0.281 e. The lowest BCUT2D eigenvalue weighted by atomic mass is 10.4. The van der Waals surface area contributed by atoms with Crippen LogP contribution in [0.2, 0.25) is 0 Å². The van der Waals surface area contributed by atoms with E-state index in [1.54, 1.807) is 6.07 Å². The summed E-state index contributed by atoms with van der Waals surface area (Å²) in [7, 11) is -3.40. The lowest BCUT2D eigenvalue weighted by molar-refractivity contribution is 0.482. The van der Waals surface area contributed by atoms with Crippen molar-refractivity contribution in [2.45, 2.75) is 19.8 Å². The van der Waals surface area contributed by atoms with Gasteiger partial charge < -0.3 is 0 Å². The van der Waals surface area contributed by atoms with Crippen molar-refractivity contribution in [3.63, 3.8) is 0 Å². The van der Waals surface area contributed by atoms with Gasteiger partial charge in [-0.3, -0.25) is 9.82 Å². The summed E-state index contributed by atoms with van der Waals surface area (Å²) in [6, 6.07) is 1.66. The Morgan fingerprint density at radius 2 is 2.13 bits per heavy atom. The fraction of sp³-hybridized carbons (Fsp3) is 0.625. The van der Waals surface area contributed by atoms with Crippen LogP contribution in [0.15, 0.2) is 6.07 Å². The minimum atomic E-state index is -3.40. The molecule has 84 valence electrons. The van der Waals surface area contributed by atoms with Gasteiger partial charge in [0.05, 0.1) is 0 Å². The highest BCUT2D eigenvalue weighted by molar-refractivity contribution is 7.90. The van der Waals surface area contributed by atoms with E-state index in [2.05, 4.69) is 14.9 Å². The first-order valence-electron chi connectivity index (χ1n) is 4.88. The molecule has 15 heavy (non-hydrogen) atoms. The third-order valence-corrected chi connectivity index (χ3v) is 3.86. The summed E-state index contributed by atoms with van der Waals surface area (Å²) in [5.74, 6) is 0.347. The quantitative estimate of drug-likeness (QED) is 0.792. The summed E-state index contributed by atoms with van der Waals surface area (Å²) >= 11 is 0. The molecule has 1 saturated heterocycles. The number of aromatic amines is 1. The van der Waals surface area contributed by atoms with E-state index in [1.807, 2.05) is 6.92 Å². The fourth-order valence-electron chi connectivity index (χ4n) is 1.60. The second kappa shape index (κ2) is 3.82. The molecular weight excluding hydrogens is 216 g/mol. The second-order valence-electron chi connectivity index (χ2n) is 3.65. The molecule has 2 rings (SSSR count). The Morgan fingerprint density at radius 3 is 2.67 bits per heavy atom. The Bertz CT molecular complexity index is 433. The molecule has 0 aromatic carbocycles. The second-order valence-corrected chi connectivity index (χ2v) is 5.32. The molecule has 1 fully saturated rings. The zero-order valence-electron chi connectivity index (χ0n) is 8.52. The molecule has 2 heterocycles. The maximum Gasteiger partial charge on any atom is 0.302 e. The van der Waals surface area contributed by atoms with Crippen molar-refractivity contribution in [2.24, 2.45) is 0 Å². The molecule has 2 N–H and O–H groups in total. The molecule has 0 atom stereocenters. The number of H-pyrrole nitrogens is 1. The van der Waals surface area contributed by atoms with Crippen LogP contribution in [0.1, 0.15) is 18.5 Å². The highest BCUT2D eigenvalue weighted by atomic mass is 32.2. The minimum absolute atomic E-state index is 0.347. The van der Waals surface area contributed by atoms with Crippen LogP contribution in [-0.4, -0.2) is 36.0 Å². The highest BCUT2D eigenvalue weighted by Gasteiger charge is 2.25. The van der Waals surface area contributed by atoms with Crippen LogP contribution in [-0.2, 0) is 10.2 Å². The molecule has 1 aliphatic heterocycles. The van der Waals surface area contributed by atoms with E-state index in [1.165, 1.54) is 4.31 Å². The highest BCUT2D eigenvalue weighted by Crippen LogP contribution is 2.15. The third kappa shape index (κ3) is 2.29. The summed E-state index contributed by atoms with van der Waals surface area (Å²) in [5, 5.41) is 6.52. The first kappa shape index (κ1) is 10.4. The van der Waals surface area contributed by atoms with Crippen LogP contribution in [0.25, 0.3) is 0 Å². The monoisotopic (exact) mass is 230 g/mol. The van der Waals surface area contributed by atoms with Crippen molar-refractivity contribution >= 4 is 16.0 Å². The molecule has 0 saturated carbocycles. The van der Waals surface area contributed by atoms with Gasteiger partial charge in [-0.25, -0.2) is 0 Å². The van der Waals surface area contributed by atoms with E-state index in [-0.39, 0.29) is 0 Å². The Morgan fingerprint density at radius 1 is 1.47 bits per heavy atom. The minimum Gasteiger partial charge on any atom is -0.281 e. The maximum atomic E-state index is 11.8. The number of aromatic nitrogens is 2. The molecule has 1 aromatic rings. The van der Waals surface area contributed by atoms with Crippen molar-refractivity contribution in [1.29, 1.82) is 0 Å². The average molecular weight is 230 g/mol. The van der Waals surface area contributed by atoms with Crippen LogP contribution in [0, 0.1) is 6.92 Å². The number of rotatable bonds is 3. The van der Waals surface area contributed by atoms with Gasteiger partial charge >= 0.3 is 10.2 Å². The Balaban J connectivity index is 2.10. The SMILES string of the molecule is Cc1cc(NS(=O)(=O)N2CCCC2)n[nH]1. The predicted molar refractivity (Wildman–Crippen MR) is 56.7 cm³/mol. The molecule has 1 aromatic heterocycles. The molecule has 7 heteroatoms. The normalized spacial score (nSPS) is 18.2. The van der Waals surface area contributed by atoms with Crippen molar-refractivity contribution in [3.8, 4) is 0 Å². The maximum absolute atomic E-state index is 11.8. The van der Waals surface area contributed by atoms with E-state index in [0.717, 1.165) is 18.5 Å². The van der Waals surface area contributed by atoms with Gasteiger partial charge in [0, 0.05) is 24.8 Å². The van der Waals surface area contributed by atoms with E-state index >= 15 is 0 Å². The third-order valence-electron chi connectivity index (χ3n) is 2.34. The van der Waals surface area contributed by atoms with Gasteiger partial charge in [-0.05, 0) is 19.8 Å². The van der Waals surface area contributed by atoms with E-state index in [9.17, 15) is 8.42 Å². The molecule has 0 spiro atoms. The van der Waals surface area contributed by atoms with Crippen LogP contribution in [0.3, 0.4) is 0 Å². The molecule has 0 radical (unpaired) electrons. The van der Waals surface area contributed by atoms with Crippen LogP contribution in [0.4, 0.5) is 5.82 Å². The van der Waals surface area contributed by atoms with Gasteiger partial charge in [-0.1, -0.05) is 0 Å². The number of anilines is 1. The Labute approximate surface area is 88.9 Å². The summed E-state index contributed by atoms with van der Waals surface area (Å²) in [6.45, 7) is 3.01. The van der Waals surface area contributed by atoms with Gasteiger partial charge in [-0.15, -0.1) is 0 Å². The van der Waals surface area contributed by atoms with Crippen LogP contribution in [0.5, 0.6) is 0 Å². The molecule has 0 aliphatic carbocycles. The van der Waals surface area contributed by atoms with E-state index in [4.69, 9.17) is 0 Å². The number of nitrogens with one attached hydrogen (secondary N) is 2. The topological polar surface area (TPSA) is 78.1 Å². The van der Waals surface area contributed by atoms with Gasteiger partial charge in [0.25, 0.3) is 0 Å². The number of hydrogen-bond donors (Lipinski definition) is 2. The van der Waals surface area contributed by atoms with Crippen molar-refractivity contribution < 1.29 is 8.42 Å². The summed E-state index contributed by atoms with van der Waals surface area (Å²) < 4.78 is 27.4. The standard InChI is InChI=1S/C8H14N4O2S/c1-7-6-8(10-9-7)11-15(13,14)12-4-2-3-5-12/h6H,2-5H2,1H3,(H2,9,10,11). The van der Waals surface area contributed by atoms with Crippen LogP contribution >= 0.6 is 0 Å². The number of aryl methyl sites for hydroxylation is 1. The first-order chi connectivity index (χ1) is 7.08. The molecule has 0 unspecified atom stereocenters. The van der Waals surface area contributed by atoms with E-state index < -0.39 is 10.2 Å². The Kier molecular flexibility index (Phi) is 2.66. The van der Waals surface area contributed by atoms with Crippen molar-refractivity contribution in [2.75, 3.05) is 17.8 Å². The zero-order valence-corrected chi connectivity index (χ0v) is 9.34. The van der Waals surface area contributed by atoms with E-state index in [0.29, 0.717) is 18.9 Å². The molecule has 0 bridgehead atoms. The largest absolute Gasteiger partial charge is 0.302 e. The number of hydrogen-bond acceptors (Lipinski definition) is 3. The molecule has 0 amide bonds. The molecule has 6 nitrogen and oxygen atoms in total. The van der Waals surface area contributed by atoms with Crippen molar-refractivity contribution in [3.05, 3.63) is 11.8 Å². The first-order valence-corrected chi connectivity index (χ1v) is 6.32. The molecule has 1 aliphatic rings. The predicted octanol–water partition coefficient (Wildman–Crippen LogP) is 0.471. The van der Waals surface area contributed by atoms with Gasteiger partial charge in [0.15, 0.2) is 5.82 Å². The summed E-state index contributed by atoms with van der Waals surface area (Å²) in [5.41, 5.74) is 0.828. The molecular formula is C8H14N4O2S. The van der Waals surface area contributed by atoms with Crippen molar-refractivity contribution in [1.82, 2.24) is 14.5 Å². The average Bonchev–Trinajstić information content (AvgIpc) is 2.75.